The maximum Gasteiger partial charge on any atom is 0.258 e. The van der Waals surface area contributed by atoms with Crippen LogP contribution in [0.25, 0.3) is 0 Å². The number of hydrogen-bond donors (Lipinski definition) is 1. The lowest BCUT2D eigenvalue weighted by molar-refractivity contribution is -0.117. The Morgan fingerprint density at radius 3 is 2.93 bits per heavy atom. The standard InChI is InChI=1S/C21H19ClN4O3S/c1-13-10-14(25-29-13)12-30-21-16(4-2-8-23-21)20(28)24-18-11-15(6-7-17(18)22)26-9-3-5-19(26)27/h2,4,6-8,10-11H,3,5,9,12H2,1H3,(H,24,28). The molecular formula is C21H19ClN4O3S. The Morgan fingerprint density at radius 1 is 1.33 bits per heavy atom. The van der Waals surface area contributed by atoms with Crippen molar-refractivity contribution < 1.29 is 14.1 Å². The summed E-state index contributed by atoms with van der Waals surface area (Å²) in [5.74, 6) is 1.01. The van der Waals surface area contributed by atoms with E-state index in [2.05, 4.69) is 15.5 Å². The highest BCUT2D eigenvalue weighted by Gasteiger charge is 2.23. The van der Waals surface area contributed by atoms with Crippen molar-refractivity contribution in [2.45, 2.75) is 30.5 Å². The van der Waals surface area contributed by atoms with Crippen molar-refractivity contribution in [3.8, 4) is 0 Å². The molecule has 0 unspecified atom stereocenters. The number of anilines is 2. The van der Waals surface area contributed by atoms with Crippen molar-refractivity contribution in [2.24, 2.45) is 0 Å². The van der Waals surface area contributed by atoms with E-state index in [0.717, 1.165) is 23.6 Å². The number of aromatic nitrogens is 2. The van der Waals surface area contributed by atoms with E-state index in [0.29, 0.717) is 40.0 Å². The number of amides is 2. The number of carbonyl (C=O) groups is 2. The van der Waals surface area contributed by atoms with E-state index in [1.807, 2.05) is 13.0 Å². The van der Waals surface area contributed by atoms with Gasteiger partial charge in [0.2, 0.25) is 5.91 Å². The van der Waals surface area contributed by atoms with E-state index < -0.39 is 0 Å². The van der Waals surface area contributed by atoms with Crippen LogP contribution in [0.3, 0.4) is 0 Å². The molecule has 4 rings (SSSR count). The van der Waals surface area contributed by atoms with Crippen molar-refractivity contribution in [1.82, 2.24) is 10.1 Å². The number of hydrogen-bond acceptors (Lipinski definition) is 6. The average Bonchev–Trinajstić information content (AvgIpc) is 3.36. The van der Waals surface area contributed by atoms with Crippen LogP contribution in [0.2, 0.25) is 5.02 Å². The van der Waals surface area contributed by atoms with Crippen LogP contribution in [0.1, 0.15) is 34.7 Å². The van der Waals surface area contributed by atoms with Gasteiger partial charge in [-0.05, 0) is 43.7 Å². The number of thioether (sulfide) groups is 1. The monoisotopic (exact) mass is 442 g/mol. The van der Waals surface area contributed by atoms with Crippen molar-refractivity contribution in [2.75, 3.05) is 16.8 Å². The van der Waals surface area contributed by atoms with Gasteiger partial charge in [-0.3, -0.25) is 9.59 Å². The quantitative estimate of drug-likeness (QED) is 0.556. The fourth-order valence-electron chi connectivity index (χ4n) is 3.19. The van der Waals surface area contributed by atoms with Crippen molar-refractivity contribution in [3.05, 3.63) is 64.6 Å². The van der Waals surface area contributed by atoms with Crippen LogP contribution >= 0.6 is 23.4 Å². The molecule has 3 aromatic rings. The fourth-order valence-corrected chi connectivity index (χ4v) is 4.23. The highest BCUT2D eigenvalue weighted by atomic mass is 35.5. The number of rotatable bonds is 6. The number of pyridine rings is 1. The zero-order valence-corrected chi connectivity index (χ0v) is 17.8. The molecule has 0 bridgehead atoms. The molecule has 9 heteroatoms. The first-order chi connectivity index (χ1) is 14.5. The van der Waals surface area contributed by atoms with Crippen LogP contribution in [-0.2, 0) is 10.5 Å². The van der Waals surface area contributed by atoms with Gasteiger partial charge in [-0.2, -0.15) is 0 Å². The Labute approximate surface area is 182 Å². The smallest absolute Gasteiger partial charge is 0.258 e. The molecule has 30 heavy (non-hydrogen) atoms. The molecule has 1 saturated heterocycles. The van der Waals surface area contributed by atoms with E-state index in [-0.39, 0.29) is 11.8 Å². The van der Waals surface area contributed by atoms with E-state index in [1.165, 1.54) is 11.8 Å². The SMILES string of the molecule is Cc1cc(CSc2ncccc2C(=O)Nc2cc(N3CCCC3=O)ccc2Cl)no1. The molecule has 0 saturated carbocycles. The second kappa shape index (κ2) is 8.89. The summed E-state index contributed by atoms with van der Waals surface area (Å²) < 4.78 is 5.08. The molecule has 1 aliphatic rings. The lowest BCUT2D eigenvalue weighted by atomic mass is 10.2. The largest absolute Gasteiger partial charge is 0.361 e. The molecule has 7 nitrogen and oxygen atoms in total. The minimum absolute atomic E-state index is 0.0728. The molecule has 0 spiro atoms. The van der Waals surface area contributed by atoms with Gasteiger partial charge in [-0.25, -0.2) is 4.98 Å². The Kier molecular flexibility index (Phi) is 6.06. The van der Waals surface area contributed by atoms with Crippen LogP contribution in [-0.4, -0.2) is 28.5 Å². The molecule has 0 aliphatic carbocycles. The van der Waals surface area contributed by atoms with Crippen LogP contribution in [0.4, 0.5) is 11.4 Å². The third-order valence-corrected chi connectivity index (χ3v) is 6.00. The lowest BCUT2D eigenvalue weighted by Gasteiger charge is -2.18. The molecule has 3 heterocycles. The average molecular weight is 443 g/mol. The highest BCUT2D eigenvalue weighted by Crippen LogP contribution is 2.31. The first kappa shape index (κ1) is 20.4. The summed E-state index contributed by atoms with van der Waals surface area (Å²) in [4.78, 5) is 31.0. The van der Waals surface area contributed by atoms with E-state index in [4.69, 9.17) is 16.1 Å². The third-order valence-electron chi connectivity index (χ3n) is 4.63. The first-order valence-electron chi connectivity index (χ1n) is 9.42. The fraction of sp³-hybridized carbons (Fsp3) is 0.238. The van der Waals surface area contributed by atoms with Gasteiger partial charge >= 0.3 is 0 Å². The maximum atomic E-state index is 13.0. The molecule has 1 fully saturated rings. The molecular weight excluding hydrogens is 424 g/mol. The Morgan fingerprint density at radius 2 is 2.20 bits per heavy atom. The number of carbonyl (C=O) groups excluding carboxylic acids is 2. The Bertz CT molecular complexity index is 1100. The number of halogens is 1. The molecule has 1 aromatic carbocycles. The van der Waals surface area contributed by atoms with Gasteiger partial charge in [0, 0.05) is 36.7 Å². The molecule has 154 valence electrons. The third kappa shape index (κ3) is 4.49. The summed E-state index contributed by atoms with van der Waals surface area (Å²) in [6.45, 7) is 2.49. The Balaban J connectivity index is 1.52. The van der Waals surface area contributed by atoms with Crippen molar-refractivity contribution in [3.63, 3.8) is 0 Å². The predicted molar refractivity (Wildman–Crippen MR) is 116 cm³/mol. The number of nitrogens with zero attached hydrogens (tertiary/aromatic N) is 3. The van der Waals surface area contributed by atoms with E-state index in [1.54, 1.807) is 41.4 Å². The normalized spacial score (nSPS) is 13.7. The van der Waals surface area contributed by atoms with Crippen molar-refractivity contribution in [1.29, 1.82) is 0 Å². The maximum absolute atomic E-state index is 13.0. The molecule has 1 N–H and O–H groups in total. The number of aryl methyl sites for hydroxylation is 1. The second-order valence-corrected chi connectivity index (χ2v) is 8.21. The topological polar surface area (TPSA) is 88.3 Å². The van der Waals surface area contributed by atoms with Crippen LogP contribution < -0.4 is 10.2 Å². The minimum atomic E-state index is -0.325. The minimum Gasteiger partial charge on any atom is -0.361 e. The van der Waals surface area contributed by atoms with Gasteiger partial charge in [0.05, 0.1) is 22.0 Å². The van der Waals surface area contributed by atoms with Crippen LogP contribution in [0.15, 0.2) is 52.1 Å². The summed E-state index contributed by atoms with van der Waals surface area (Å²) in [5.41, 5.74) is 2.38. The van der Waals surface area contributed by atoms with Gasteiger partial charge in [-0.1, -0.05) is 28.5 Å². The van der Waals surface area contributed by atoms with Gasteiger partial charge in [0.15, 0.2) is 0 Å². The summed E-state index contributed by atoms with van der Waals surface area (Å²) >= 11 is 7.70. The van der Waals surface area contributed by atoms with Gasteiger partial charge < -0.3 is 14.7 Å². The summed E-state index contributed by atoms with van der Waals surface area (Å²) in [5, 5.41) is 7.80. The summed E-state index contributed by atoms with van der Waals surface area (Å²) in [6.07, 6.45) is 3.00. The van der Waals surface area contributed by atoms with Crippen LogP contribution in [0, 0.1) is 6.92 Å². The molecule has 2 amide bonds. The van der Waals surface area contributed by atoms with Gasteiger partial charge in [-0.15, -0.1) is 0 Å². The van der Waals surface area contributed by atoms with E-state index in [9.17, 15) is 9.59 Å². The predicted octanol–water partition coefficient (Wildman–Crippen LogP) is 4.70. The Hall–Kier alpha value is -2.84. The number of benzene rings is 1. The van der Waals surface area contributed by atoms with Gasteiger partial charge in [0.25, 0.3) is 5.91 Å². The second-order valence-electron chi connectivity index (χ2n) is 6.84. The molecule has 0 atom stereocenters. The first-order valence-corrected chi connectivity index (χ1v) is 10.8. The molecule has 0 radical (unpaired) electrons. The summed E-state index contributed by atoms with van der Waals surface area (Å²) in [6, 6.07) is 10.5. The van der Waals surface area contributed by atoms with Crippen molar-refractivity contribution >= 4 is 46.6 Å². The lowest BCUT2D eigenvalue weighted by Crippen LogP contribution is -2.24. The van der Waals surface area contributed by atoms with Crippen LogP contribution in [0.5, 0.6) is 0 Å². The highest BCUT2D eigenvalue weighted by molar-refractivity contribution is 7.98. The molecule has 1 aliphatic heterocycles. The zero-order chi connectivity index (χ0) is 21.1. The van der Waals surface area contributed by atoms with E-state index >= 15 is 0 Å². The zero-order valence-electron chi connectivity index (χ0n) is 16.2. The summed E-state index contributed by atoms with van der Waals surface area (Å²) in [7, 11) is 0. The molecule has 2 aromatic heterocycles. The number of nitrogens with one attached hydrogen (secondary N) is 1. The van der Waals surface area contributed by atoms with Gasteiger partial charge in [0.1, 0.15) is 10.8 Å².